The Morgan fingerprint density at radius 2 is 2.15 bits per heavy atom. The van der Waals surface area contributed by atoms with E-state index >= 15 is 0 Å². The second kappa shape index (κ2) is 8.78. The van der Waals surface area contributed by atoms with Gasteiger partial charge in [0.1, 0.15) is 17.1 Å². The summed E-state index contributed by atoms with van der Waals surface area (Å²) in [7, 11) is 0. The van der Waals surface area contributed by atoms with Crippen LogP contribution in [0.3, 0.4) is 0 Å². The van der Waals surface area contributed by atoms with E-state index < -0.39 is 0 Å². The van der Waals surface area contributed by atoms with Gasteiger partial charge in [-0.15, -0.1) is 12.4 Å². The zero-order valence-electron chi connectivity index (χ0n) is 15.0. The van der Waals surface area contributed by atoms with E-state index in [9.17, 15) is 4.79 Å². The molecule has 0 radical (unpaired) electrons. The zero-order valence-corrected chi connectivity index (χ0v) is 15.8. The molecule has 2 aliphatic rings. The third-order valence-electron chi connectivity index (χ3n) is 5.28. The normalized spacial score (nSPS) is 19.5. The Morgan fingerprint density at radius 3 is 3.00 bits per heavy atom. The number of carbonyl (C=O) groups excluding carboxylic acids is 1. The van der Waals surface area contributed by atoms with Gasteiger partial charge in [-0.3, -0.25) is 4.79 Å². The summed E-state index contributed by atoms with van der Waals surface area (Å²) in [6.45, 7) is 2.87. The number of carbonyl (C=O) groups is 1. The SMILES string of the molecule is Cl.O=C(COc1ccc2oc3c(c2c1)CCCC3)NCC1CCCNC1. The molecular weight excluding hydrogens is 352 g/mol. The van der Waals surface area contributed by atoms with E-state index in [1.54, 1.807) is 0 Å². The van der Waals surface area contributed by atoms with E-state index in [-0.39, 0.29) is 24.9 Å². The van der Waals surface area contributed by atoms with Gasteiger partial charge in [-0.1, -0.05) is 0 Å². The van der Waals surface area contributed by atoms with Crippen LogP contribution in [-0.2, 0) is 17.6 Å². The molecule has 1 unspecified atom stereocenters. The first kappa shape index (κ1) is 19.1. The van der Waals surface area contributed by atoms with E-state index in [1.165, 1.54) is 31.2 Å². The average Bonchev–Trinajstić information content (AvgIpc) is 3.03. The molecule has 0 bridgehead atoms. The highest BCUT2D eigenvalue weighted by Crippen LogP contribution is 2.33. The first-order valence-corrected chi connectivity index (χ1v) is 9.44. The second-order valence-corrected chi connectivity index (χ2v) is 7.17. The monoisotopic (exact) mass is 378 g/mol. The van der Waals surface area contributed by atoms with Gasteiger partial charge < -0.3 is 19.8 Å². The molecule has 1 atom stereocenters. The topological polar surface area (TPSA) is 63.5 Å². The highest BCUT2D eigenvalue weighted by molar-refractivity contribution is 5.85. The van der Waals surface area contributed by atoms with E-state index in [2.05, 4.69) is 10.6 Å². The summed E-state index contributed by atoms with van der Waals surface area (Å²) >= 11 is 0. The van der Waals surface area contributed by atoms with Gasteiger partial charge >= 0.3 is 0 Å². The fourth-order valence-corrected chi connectivity index (χ4v) is 3.89. The summed E-state index contributed by atoms with van der Waals surface area (Å²) in [5.74, 6) is 2.33. The maximum atomic E-state index is 12.0. The standard InChI is InChI=1S/C20H26N2O3.ClH/c23-20(22-12-14-4-3-9-21-11-14)13-24-15-7-8-19-17(10-15)16-5-1-2-6-18(16)25-19;/h7-8,10,14,21H,1-6,9,11-13H2,(H,22,23);1H. The van der Waals surface area contributed by atoms with E-state index in [4.69, 9.17) is 9.15 Å². The van der Waals surface area contributed by atoms with Crippen molar-refractivity contribution in [3.05, 3.63) is 29.5 Å². The van der Waals surface area contributed by atoms with Crippen molar-refractivity contribution in [1.29, 1.82) is 0 Å². The Labute approximate surface area is 160 Å². The zero-order chi connectivity index (χ0) is 17.1. The highest BCUT2D eigenvalue weighted by atomic mass is 35.5. The Balaban J connectivity index is 0.00000196. The van der Waals surface area contributed by atoms with Crippen molar-refractivity contribution in [3.63, 3.8) is 0 Å². The lowest BCUT2D eigenvalue weighted by atomic mass is 9.96. The van der Waals surface area contributed by atoms with Crippen molar-refractivity contribution in [1.82, 2.24) is 10.6 Å². The summed E-state index contributed by atoms with van der Waals surface area (Å²) < 4.78 is 11.6. The molecule has 0 saturated carbocycles. The van der Waals surface area contributed by atoms with Crippen molar-refractivity contribution >= 4 is 29.3 Å². The molecule has 6 heteroatoms. The molecule has 2 aromatic rings. The van der Waals surface area contributed by atoms with Gasteiger partial charge in [0.25, 0.3) is 5.91 Å². The third kappa shape index (κ3) is 4.33. The van der Waals surface area contributed by atoms with Crippen LogP contribution >= 0.6 is 12.4 Å². The summed E-state index contributed by atoms with van der Waals surface area (Å²) in [5.41, 5.74) is 2.24. The number of ether oxygens (including phenoxy) is 1. The number of rotatable bonds is 5. The van der Waals surface area contributed by atoms with Crippen molar-refractivity contribution in [2.24, 2.45) is 5.92 Å². The molecule has 1 saturated heterocycles. The van der Waals surface area contributed by atoms with Gasteiger partial charge in [0.2, 0.25) is 0 Å². The molecule has 2 N–H and O–H groups in total. The van der Waals surface area contributed by atoms with Crippen LogP contribution in [0.1, 0.15) is 37.0 Å². The number of hydrogen-bond donors (Lipinski definition) is 2. The molecular formula is C20H27ClN2O3. The lowest BCUT2D eigenvalue weighted by molar-refractivity contribution is -0.123. The van der Waals surface area contributed by atoms with Crippen molar-refractivity contribution in [2.45, 2.75) is 38.5 Å². The first-order valence-electron chi connectivity index (χ1n) is 9.44. The molecule has 0 spiro atoms. The van der Waals surface area contributed by atoms with Crippen LogP contribution < -0.4 is 15.4 Å². The first-order chi connectivity index (χ1) is 12.3. The minimum atomic E-state index is -0.0557. The fraction of sp³-hybridized carbons (Fsp3) is 0.550. The predicted octanol–water partition coefficient (Wildman–Crippen LogP) is 3.23. The molecule has 1 aliphatic heterocycles. The molecule has 142 valence electrons. The van der Waals surface area contributed by atoms with Gasteiger partial charge in [-0.2, -0.15) is 0 Å². The van der Waals surface area contributed by atoms with Crippen LogP contribution in [-0.4, -0.2) is 32.1 Å². The van der Waals surface area contributed by atoms with Crippen LogP contribution in [0.15, 0.2) is 22.6 Å². The van der Waals surface area contributed by atoms with Crippen LogP contribution in [0.2, 0.25) is 0 Å². The van der Waals surface area contributed by atoms with Crippen molar-refractivity contribution < 1.29 is 13.9 Å². The quantitative estimate of drug-likeness (QED) is 0.838. The van der Waals surface area contributed by atoms with Crippen molar-refractivity contribution in [3.8, 4) is 5.75 Å². The van der Waals surface area contributed by atoms with Gasteiger partial charge in [0.05, 0.1) is 0 Å². The van der Waals surface area contributed by atoms with Gasteiger partial charge in [0.15, 0.2) is 6.61 Å². The Hall–Kier alpha value is -1.72. The highest BCUT2D eigenvalue weighted by Gasteiger charge is 2.18. The predicted molar refractivity (Wildman–Crippen MR) is 104 cm³/mol. The number of nitrogens with one attached hydrogen (secondary N) is 2. The van der Waals surface area contributed by atoms with Gasteiger partial charge in [-0.25, -0.2) is 0 Å². The Bertz CT molecular complexity index is 753. The Morgan fingerprint density at radius 1 is 1.27 bits per heavy atom. The summed E-state index contributed by atoms with van der Waals surface area (Å²) in [6, 6.07) is 5.85. The van der Waals surface area contributed by atoms with E-state index in [0.29, 0.717) is 5.92 Å². The van der Waals surface area contributed by atoms with Crippen LogP contribution in [0, 0.1) is 5.92 Å². The van der Waals surface area contributed by atoms with Crippen LogP contribution in [0.25, 0.3) is 11.0 Å². The maximum absolute atomic E-state index is 12.0. The smallest absolute Gasteiger partial charge is 0.257 e. The van der Waals surface area contributed by atoms with Crippen LogP contribution in [0.5, 0.6) is 5.75 Å². The minimum absolute atomic E-state index is 0. The number of benzene rings is 1. The molecule has 1 aromatic heterocycles. The van der Waals surface area contributed by atoms with Crippen molar-refractivity contribution in [2.75, 3.05) is 26.2 Å². The van der Waals surface area contributed by atoms with Crippen LogP contribution in [0.4, 0.5) is 0 Å². The third-order valence-corrected chi connectivity index (χ3v) is 5.28. The number of aryl methyl sites for hydroxylation is 2. The summed E-state index contributed by atoms with van der Waals surface area (Å²) in [6.07, 6.45) is 6.88. The number of piperidine rings is 1. The number of halogens is 1. The van der Waals surface area contributed by atoms with E-state index in [1.807, 2.05) is 18.2 Å². The molecule has 5 nitrogen and oxygen atoms in total. The minimum Gasteiger partial charge on any atom is -0.484 e. The molecule has 4 rings (SSSR count). The molecule has 1 amide bonds. The summed E-state index contributed by atoms with van der Waals surface area (Å²) in [5, 5.41) is 7.49. The number of amides is 1. The molecule has 1 aliphatic carbocycles. The van der Waals surface area contributed by atoms with Gasteiger partial charge in [0, 0.05) is 23.9 Å². The fourth-order valence-electron chi connectivity index (χ4n) is 3.89. The largest absolute Gasteiger partial charge is 0.484 e. The lowest BCUT2D eigenvalue weighted by Gasteiger charge is -2.22. The number of furan rings is 1. The molecule has 26 heavy (non-hydrogen) atoms. The summed E-state index contributed by atoms with van der Waals surface area (Å²) in [4.78, 5) is 12.0. The lowest BCUT2D eigenvalue weighted by Crippen LogP contribution is -2.39. The number of fused-ring (bicyclic) bond motifs is 3. The second-order valence-electron chi connectivity index (χ2n) is 7.17. The molecule has 1 aromatic carbocycles. The molecule has 1 fully saturated rings. The number of hydrogen-bond acceptors (Lipinski definition) is 4. The van der Waals surface area contributed by atoms with Gasteiger partial charge in [-0.05, 0) is 69.3 Å². The maximum Gasteiger partial charge on any atom is 0.257 e. The van der Waals surface area contributed by atoms with E-state index in [0.717, 1.165) is 55.0 Å². The Kier molecular flexibility index (Phi) is 6.43. The average molecular weight is 379 g/mol. The molecule has 2 heterocycles.